The zero-order chi connectivity index (χ0) is 18.1. The molecule has 2 aromatic carbocycles. The summed E-state index contributed by atoms with van der Waals surface area (Å²) in [7, 11) is 3.83. The van der Waals surface area contributed by atoms with Gasteiger partial charge in [0, 0.05) is 22.6 Å². The Kier molecular flexibility index (Phi) is 4.51. The summed E-state index contributed by atoms with van der Waals surface area (Å²) in [6.07, 6.45) is 3.39. The van der Waals surface area contributed by atoms with Crippen LogP contribution in [0.3, 0.4) is 0 Å². The SMILES string of the molecule is COc1cccc(C[NH+](C)Cc2cc(=O)oc3cc4c(cc23)CCC4)c1. The Morgan fingerprint density at radius 3 is 2.69 bits per heavy atom. The molecular formula is C22H24NO3+. The molecule has 134 valence electrons. The summed E-state index contributed by atoms with van der Waals surface area (Å²) in [5, 5.41) is 1.08. The molecule has 4 nitrogen and oxygen atoms in total. The predicted octanol–water partition coefficient (Wildman–Crippen LogP) is 2.51. The smallest absolute Gasteiger partial charge is 0.336 e. The highest BCUT2D eigenvalue weighted by Gasteiger charge is 2.17. The van der Waals surface area contributed by atoms with E-state index in [1.165, 1.54) is 28.0 Å². The fraction of sp³-hybridized carbons (Fsp3) is 0.318. The van der Waals surface area contributed by atoms with Crippen molar-refractivity contribution < 1.29 is 14.1 Å². The molecule has 0 fully saturated rings. The summed E-state index contributed by atoms with van der Waals surface area (Å²) in [4.78, 5) is 13.3. The first kappa shape index (κ1) is 16.9. The molecule has 26 heavy (non-hydrogen) atoms. The number of benzene rings is 2. The molecule has 1 aromatic heterocycles. The molecule has 4 heteroatoms. The Morgan fingerprint density at radius 2 is 1.88 bits per heavy atom. The summed E-state index contributed by atoms with van der Waals surface area (Å²) in [6, 6.07) is 14.1. The van der Waals surface area contributed by atoms with Crippen molar-refractivity contribution in [3.63, 3.8) is 0 Å². The maximum atomic E-state index is 12.0. The first-order chi connectivity index (χ1) is 12.6. The van der Waals surface area contributed by atoms with E-state index in [1.54, 1.807) is 13.2 Å². The molecule has 0 amide bonds. The van der Waals surface area contributed by atoms with Crippen molar-refractivity contribution in [2.75, 3.05) is 14.2 Å². The number of rotatable bonds is 5. The van der Waals surface area contributed by atoms with E-state index in [1.807, 2.05) is 12.1 Å². The second-order valence-electron chi connectivity index (χ2n) is 7.22. The minimum atomic E-state index is -0.264. The van der Waals surface area contributed by atoms with Gasteiger partial charge < -0.3 is 14.1 Å². The Bertz CT molecular complexity index is 1010. The Labute approximate surface area is 153 Å². The van der Waals surface area contributed by atoms with Gasteiger partial charge >= 0.3 is 5.63 Å². The third kappa shape index (κ3) is 3.37. The fourth-order valence-electron chi connectivity index (χ4n) is 3.96. The highest BCUT2D eigenvalue weighted by Crippen LogP contribution is 2.28. The van der Waals surface area contributed by atoms with E-state index in [0.717, 1.165) is 48.2 Å². The van der Waals surface area contributed by atoms with Crippen LogP contribution < -0.4 is 15.3 Å². The monoisotopic (exact) mass is 350 g/mol. The number of fused-ring (bicyclic) bond motifs is 2. The lowest BCUT2D eigenvalue weighted by molar-refractivity contribution is -0.907. The van der Waals surface area contributed by atoms with E-state index in [4.69, 9.17) is 9.15 Å². The molecule has 1 atom stereocenters. The molecule has 1 aliphatic carbocycles. The molecule has 1 aliphatic rings. The predicted molar refractivity (Wildman–Crippen MR) is 102 cm³/mol. The summed E-state index contributed by atoms with van der Waals surface area (Å²) >= 11 is 0. The van der Waals surface area contributed by atoms with Crippen molar-refractivity contribution in [2.24, 2.45) is 0 Å². The normalized spacial score (nSPS) is 14.4. The van der Waals surface area contributed by atoms with Gasteiger partial charge in [-0.1, -0.05) is 12.1 Å². The van der Waals surface area contributed by atoms with Crippen LogP contribution in [0.25, 0.3) is 11.0 Å². The Hall–Kier alpha value is -2.59. The van der Waals surface area contributed by atoms with Crippen molar-refractivity contribution in [1.82, 2.24) is 0 Å². The zero-order valence-corrected chi connectivity index (χ0v) is 15.3. The minimum Gasteiger partial charge on any atom is -0.497 e. The van der Waals surface area contributed by atoms with Gasteiger partial charge in [0.1, 0.15) is 24.4 Å². The molecule has 0 radical (unpaired) electrons. The van der Waals surface area contributed by atoms with Crippen molar-refractivity contribution in [2.45, 2.75) is 32.4 Å². The van der Waals surface area contributed by atoms with Gasteiger partial charge in [0.25, 0.3) is 0 Å². The van der Waals surface area contributed by atoms with Gasteiger partial charge in [0.15, 0.2) is 0 Å². The van der Waals surface area contributed by atoms with E-state index in [-0.39, 0.29) is 5.63 Å². The molecule has 0 spiro atoms. The first-order valence-electron chi connectivity index (χ1n) is 9.15. The number of hydrogen-bond acceptors (Lipinski definition) is 3. The first-order valence-corrected chi connectivity index (χ1v) is 9.15. The summed E-state index contributed by atoms with van der Waals surface area (Å²) in [5.41, 5.74) is 5.47. The van der Waals surface area contributed by atoms with Crippen LogP contribution >= 0.6 is 0 Å². The number of methoxy groups -OCH3 is 1. The lowest BCUT2D eigenvalue weighted by Crippen LogP contribution is -3.06. The van der Waals surface area contributed by atoms with Gasteiger partial charge in [-0.05, 0) is 54.7 Å². The molecule has 0 saturated carbocycles. The largest absolute Gasteiger partial charge is 0.497 e. The molecule has 1 N–H and O–H groups in total. The fourth-order valence-corrected chi connectivity index (χ4v) is 3.96. The average Bonchev–Trinajstić information content (AvgIpc) is 3.07. The van der Waals surface area contributed by atoms with E-state index >= 15 is 0 Å². The summed E-state index contributed by atoms with van der Waals surface area (Å²) in [6.45, 7) is 1.64. The average molecular weight is 350 g/mol. The van der Waals surface area contributed by atoms with Crippen LogP contribution in [-0.4, -0.2) is 14.2 Å². The zero-order valence-electron chi connectivity index (χ0n) is 15.3. The molecule has 0 saturated heterocycles. The van der Waals surface area contributed by atoms with Crippen LogP contribution in [-0.2, 0) is 25.9 Å². The van der Waals surface area contributed by atoms with Crippen LogP contribution in [0.4, 0.5) is 0 Å². The van der Waals surface area contributed by atoms with Crippen molar-refractivity contribution in [3.05, 3.63) is 75.1 Å². The van der Waals surface area contributed by atoms with Gasteiger partial charge in [0.05, 0.1) is 14.2 Å². The van der Waals surface area contributed by atoms with Crippen LogP contribution in [0, 0.1) is 0 Å². The summed E-state index contributed by atoms with van der Waals surface area (Å²) < 4.78 is 10.8. The Balaban J connectivity index is 1.62. The van der Waals surface area contributed by atoms with Crippen molar-refractivity contribution in [1.29, 1.82) is 0 Å². The maximum Gasteiger partial charge on any atom is 0.336 e. The van der Waals surface area contributed by atoms with Gasteiger partial charge in [-0.3, -0.25) is 0 Å². The number of hydrogen-bond donors (Lipinski definition) is 1. The van der Waals surface area contributed by atoms with E-state index in [9.17, 15) is 4.79 Å². The minimum absolute atomic E-state index is 0.264. The quantitative estimate of drug-likeness (QED) is 0.719. The van der Waals surface area contributed by atoms with Crippen molar-refractivity contribution >= 4 is 11.0 Å². The third-order valence-electron chi connectivity index (χ3n) is 5.17. The molecule has 0 bridgehead atoms. The standard InChI is InChI=1S/C22H23NO3/c1-23(13-15-5-3-8-19(9-15)25-2)14-18-12-22(24)26-21-11-17-7-4-6-16(17)10-20(18)21/h3,5,8-12H,4,6-7,13-14H2,1-2H3/p+1. The van der Waals surface area contributed by atoms with Crippen LogP contribution in [0.5, 0.6) is 5.75 Å². The highest BCUT2D eigenvalue weighted by atomic mass is 16.5. The van der Waals surface area contributed by atoms with Gasteiger partial charge in [-0.25, -0.2) is 4.79 Å². The van der Waals surface area contributed by atoms with Gasteiger partial charge in [-0.15, -0.1) is 0 Å². The number of aryl methyl sites for hydroxylation is 2. The van der Waals surface area contributed by atoms with Crippen LogP contribution in [0.1, 0.15) is 28.7 Å². The number of ether oxygens (including phenoxy) is 1. The van der Waals surface area contributed by atoms with Gasteiger partial charge in [0.2, 0.25) is 0 Å². The molecule has 4 rings (SSSR count). The second-order valence-corrected chi connectivity index (χ2v) is 7.22. The third-order valence-corrected chi connectivity index (χ3v) is 5.17. The topological polar surface area (TPSA) is 43.9 Å². The highest BCUT2D eigenvalue weighted by molar-refractivity contribution is 5.82. The molecular weight excluding hydrogens is 326 g/mol. The second kappa shape index (κ2) is 6.96. The molecule has 3 aromatic rings. The lowest BCUT2D eigenvalue weighted by Gasteiger charge is -2.16. The van der Waals surface area contributed by atoms with E-state index < -0.39 is 0 Å². The maximum absolute atomic E-state index is 12.0. The van der Waals surface area contributed by atoms with Crippen LogP contribution in [0.15, 0.2) is 51.7 Å². The van der Waals surface area contributed by atoms with E-state index in [2.05, 4.69) is 31.3 Å². The molecule has 1 unspecified atom stereocenters. The Morgan fingerprint density at radius 1 is 1.08 bits per heavy atom. The van der Waals surface area contributed by atoms with Gasteiger partial charge in [-0.2, -0.15) is 0 Å². The summed E-state index contributed by atoms with van der Waals surface area (Å²) in [5.74, 6) is 0.872. The number of quaternary nitrogens is 1. The lowest BCUT2D eigenvalue weighted by atomic mass is 10.0. The number of nitrogens with one attached hydrogen (secondary N) is 1. The molecule has 0 aliphatic heterocycles. The van der Waals surface area contributed by atoms with Crippen molar-refractivity contribution in [3.8, 4) is 5.75 Å². The van der Waals surface area contributed by atoms with E-state index in [0.29, 0.717) is 0 Å². The molecule has 1 heterocycles. The van der Waals surface area contributed by atoms with Crippen LogP contribution in [0.2, 0.25) is 0 Å².